The minimum Gasteiger partial charge on any atom is -0.458 e. The minimum atomic E-state index is -0.292. The summed E-state index contributed by atoms with van der Waals surface area (Å²) in [6, 6.07) is 67.9. The Bertz CT molecular complexity index is 2870. The van der Waals surface area contributed by atoms with Crippen LogP contribution in [0.25, 0.3) is 54.9 Å². The van der Waals surface area contributed by atoms with Gasteiger partial charge in [-0.05, 0) is 107 Å². The second-order valence-corrected chi connectivity index (χ2v) is 15.6. The second-order valence-electron chi connectivity index (χ2n) is 15.6. The molecule has 2 heterocycles. The summed E-state index contributed by atoms with van der Waals surface area (Å²) in [6.07, 6.45) is 0. The van der Waals surface area contributed by atoms with E-state index >= 15 is 0 Å². The Balaban J connectivity index is 1.19. The smallest absolute Gasteiger partial charge is 0.260 e. The standard InChI is InChI=1S/C53H37BO2/c1-53(2,38-19-7-4-8-20-38)39-30-35(36-32-48-52-49(33-36)56-47-28-16-14-26-45(47)54(52)44-25-13-15-27-46(44)55-48)29-37(31-39)51-42-23-11-9-21-40(42)50(34-17-5-3-6-18-34)41-22-10-12-24-43(41)51/h3-33H,1-2H3. The summed E-state index contributed by atoms with van der Waals surface area (Å²) in [6.45, 7) is 4.70. The van der Waals surface area contributed by atoms with Crippen molar-refractivity contribution in [2.24, 2.45) is 0 Å². The Labute approximate surface area is 327 Å². The molecule has 9 aromatic rings. The number of rotatable bonds is 5. The maximum atomic E-state index is 6.77. The minimum absolute atomic E-state index is 0.0312. The van der Waals surface area contributed by atoms with Crippen molar-refractivity contribution in [3.63, 3.8) is 0 Å². The molecule has 0 saturated heterocycles. The lowest BCUT2D eigenvalue weighted by molar-refractivity contribution is 0.465. The third-order valence-corrected chi connectivity index (χ3v) is 12.1. The predicted octanol–water partition coefficient (Wildman–Crippen LogP) is 12.0. The van der Waals surface area contributed by atoms with Crippen LogP contribution in [0, 0.1) is 0 Å². The lowest BCUT2D eigenvalue weighted by Crippen LogP contribution is -2.57. The van der Waals surface area contributed by atoms with E-state index in [1.54, 1.807) is 0 Å². The van der Waals surface area contributed by atoms with Gasteiger partial charge in [-0.1, -0.05) is 172 Å². The molecular weight excluding hydrogens is 679 g/mol. The zero-order chi connectivity index (χ0) is 37.4. The highest BCUT2D eigenvalue weighted by Gasteiger charge is 2.40. The van der Waals surface area contributed by atoms with Gasteiger partial charge in [-0.3, -0.25) is 0 Å². The molecule has 0 aromatic heterocycles. The molecular formula is C53H37BO2. The monoisotopic (exact) mass is 716 g/mol. The van der Waals surface area contributed by atoms with Gasteiger partial charge in [-0.2, -0.15) is 0 Å². The van der Waals surface area contributed by atoms with Gasteiger partial charge in [0.1, 0.15) is 23.0 Å². The van der Waals surface area contributed by atoms with Gasteiger partial charge in [0, 0.05) is 10.9 Å². The van der Waals surface area contributed by atoms with Gasteiger partial charge in [0.25, 0.3) is 6.71 Å². The summed E-state index contributed by atoms with van der Waals surface area (Å²) in [5, 5.41) is 4.94. The largest absolute Gasteiger partial charge is 0.458 e. The van der Waals surface area contributed by atoms with Crippen molar-refractivity contribution in [3.05, 3.63) is 199 Å². The van der Waals surface area contributed by atoms with Crippen LogP contribution in [0.1, 0.15) is 25.0 Å². The number of hydrogen-bond acceptors (Lipinski definition) is 2. The van der Waals surface area contributed by atoms with Crippen molar-refractivity contribution in [1.29, 1.82) is 0 Å². The van der Waals surface area contributed by atoms with Crippen LogP contribution >= 0.6 is 0 Å². The Morgan fingerprint density at radius 2 is 0.786 bits per heavy atom. The Morgan fingerprint density at radius 1 is 0.357 bits per heavy atom. The molecule has 3 heteroatoms. The van der Waals surface area contributed by atoms with Gasteiger partial charge in [-0.25, -0.2) is 0 Å². The molecule has 2 aliphatic rings. The third kappa shape index (κ3) is 5.04. The van der Waals surface area contributed by atoms with E-state index in [4.69, 9.17) is 9.47 Å². The van der Waals surface area contributed by atoms with Crippen LogP contribution in [0.5, 0.6) is 23.0 Å². The fourth-order valence-electron chi connectivity index (χ4n) is 9.24. The Morgan fingerprint density at radius 3 is 1.34 bits per heavy atom. The fraction of sp³-hybridized carbons (Fsp3) is 0.0566. The Kier molecular flexibility index (Phi) is 7.34. The quantitative estimate of drug-likeness (QED) is 0.130. The molecule has 0 N–H and O–H groups in total. The van der Waals surface area contributed by atoms with Crippen LogP contribution in [0.15, 0.2) is 188 Å². The van der Waals surface area contributed by atoms with E-state index < -0.39 is 0 Å². The van der Waals surface area contributed by atoms with Crippen LogP contribution in [-0.2, 0) is 5.41 Å². The highest BCUT2D eigenvalue weighted by atomic mass is 16.5. The van der Waals surface area contributed by atoms with Gasteiger partial charge in [0.2, 0.25) is 0 Å². The molecule has 0 amide bonds. The third-order valence-electron chi connectivity index (χ3n) is 12.1. The number of fused-ring (bicyclic) bond motifs is 6. The molecule has 9 aromatic carbocycles. The van der Waals surface area contributed by atoms with Crippen molar-refractivity contribution >= 4 is 44.6 Å². The topological polar surface area (TPSA) is 18.5 Å². The first-order valence-electron chi connectivity index (χ1n) is 19.5. The van der Waals surface area contributed by atoms with E-state index in [2.05, 4.69) is 202 Å². The molecule has 2 aliphatic heterocycles. The lowest BCUT2D eigenvalue weighted by Gasteiger charge is -2.33. The zero-order valence-corrected chi connectivity index (χ0v) is 31.3. The molecule has 0 atom stereocenters. The number of para-hydroxylation sites is 2. The first-order chi connectivity index (χ1) is 27.5. The van der Waals surface area contributed by atoms with Crippen LogP contribution in [0.4, 0.5) is 0 Å². The highest BCUT2D eigenvalue weighted by molar-refractivity contribution is 6.98. The second kappa shape index (κ2) is 12.6. The van der Waals surface area contributed by atoms with Gasteiger partial charge in [0.05, 0.1) is 0 Å². The molecule has 0 spiro atoms. The Hall–Kier alpha value is -6.84. The first-order valence-corrected chi connectivity index (χ1v) is 19.5. The lowest BCUT2D eigenvalue weighted by atomic mass is 9.35. The van der Waals surface area contributed by atoms with Crippen LogP contribution in [-0.4, -0.2) is 6.71 Å². The first kappa shape index (κ1) is 32.6. The number of hydrogen-bond donors (Lipinski definition) is 0. The maximum Gasteiger partial charge on any atom is 0.260 e. The summed E-state index contributed by atoms with van der Waals surface area (Å²) >= 11 is 0. The average molecular weight is 717 g/mol. The molecule has 56 heavy (non-hydrogen) atoms. The molecule has 0 fully saturated rings. The van der Waals surface area contributed by atoms with Gasteiger partial charge in [-0.15, -0.1) is 0 Å². The molecule has 11 rings (SSSR count). The van der Waals surface area contributed by atoms with Crippen LogP contribution < -0.4 is 25.9 Å². The van der Waals surface area contributed by atoms with Gasteiger partial charge < -0.3 is 9.47 Å². The zero-order valence-electron chi connectivity index (χ0n) is 31.3. The molecule has 0 unspecified atom stereocenters. The van der Waals surface area contributed by atoms with Gasteiger partial charge >= 0.3 is 0 Å². The number of benzene rings is 9. The van der Waals surface area contributed by atoms with Crippen molar-refractivity contribution in [2.75, 3.05) is 0 Å². The average Bonchev–Trinajstić information content (AvgIpc) is 3.25. The highest BCUT2D eigenvalue weighted by Crippen LogP contribution is 2.47. The predicted molar refractivity (Wildman–Crippen MR) is 234 cm³/mol. The summed E-state index contributed by atoms with van der Waals surface area (Å²) in [5.74, 6) is 3.46. The fourth-order valence-corrected chi connectivity index (χ4v) is 9.24. The number of ether oxygens (including phenoxy) is 2. The van der Waals surface area contributed by atoms with Crippen molar-refractivity contribution in [1.82, 2.24) is 0 Å². The van der Waals surface area contributed by atoms with Crippen LogP contribution in [0.2, 0.25) is 0 Å². The summed E-state index contributed by atoms with van der Waals surface area (Å²) < 4.78 is 13.5. The molecule has 2 nitrogen and oxygen atoms in total. The van der Waals surface area contributed by atoms with E-state index in [1.807, 2.05) is 0 Å². The van der Waals surface area contributed by atoms with Crippen molar-refractivity contribution in [2.45, 2.75) is 19.3 Å². The maximum absolute atomic E-state index is 6.77. The van der Waals surface area contributed by atoms with Crippen molar-refractivity contribution < 1.29 is 9.47 Å². The van der Waals surface area contributed by atoms with Crippen molar-refractivity contribution in [3.8, 4) is 56.4 Å². The molecule has 0 bridgehead atoms. The van der Waals surface area contributed by atoms with E-state index in [-0.39, 0.29) is 12.1 Å². The SMILES string of the molecule is CC(C)(c1ccccc1)c1cc(-c2cc3c4c(c2)Oc2ccccc2B4c2ccccc2O3)cc(-c2c3ccccc3c(-c3ccccc3)c3ccccc23)c1. The van der Waals surface area contributed by atoms with E-state index in [0.717, 1.165) is 50.5 Å². The molecule has 0 saturated carbocycles. The molecule has 0 aliphatic carbocycles. The summed E-state index contributed by atoms with van der Waals surface area (Å²) in [7, 11) is 0. The van der Waals surface area contributed by atoms with Gasteiger partial charge in [0.15, 0.2) is 0 Å². The normalized spacial score (nSPS) is 12.7. The molecule has 264 valence electrons. The van der Waals surface area contributed by atoms with E-state index in [0.29, 0.717) is 0 Å². The molecule has 0 radical (unpaired) electrons. The van der Waals surface area contributed by atoms with E-state index in [1.165, 1.54) is 54.9 Å². The van der Waals surface area contributed by atoms with Crippen LogP contribution in [0.3, 0.4) is 0 Å². The summed E-state index contributed by atoms with van der Waals surface area (Å²) in [5.41, 5.74) is 12.7. The summed E-state index contributed by atoms with van der Waals surface area (Å²) in [4.78, 5) is 0. The van der Waals surface area contributed by atoms with E-state index in [9.17, 15) is 0 Å².